The van der Waals surface area contributed by atoms with Crippen molar-refractivity contribution in [3.8, 4) is 5.69 Å². The average Bonchev–Trinajstić information content (AvgIpc) is 3.14. The lowest BCUT2D eigenvalue weighted by Gasteiger charge is -2.03. The lowest BCUT2D eigenvalue weighted by atomic mass is 10.1. The van der Waals surface area contributed by atoms with E-state index in [4.69, 9.17) is 0 Å². The third-order valence-electron chi connectivity index (χ3n) is 4.21. The van der Waals surface area contributed by atoms with Crippen LogP contribution >= 0.6 is 0 Å². The molecule has 0 saturated heterocycles. The number of aromatic nitrogens is 3. The first-order chi connectivity index (χ1) is 10.9. The van der Waals surface area contributed by atoms with E-state index in [2.05, 4.69) is 63.1 Å². The van der Waals surface area contributed by atoms with Gasteiger partial charge in [-0.3, -0.25) is 4.57 Å². The maximum absolute atomic E-state index is 4.56. The third-order valence-corrected chi connectivity index (χ3v) is 4.21. The molecule has 0 radical (unpaired) electrons. The minimum Gasteiger partial charge on any atom is -0.354 e. The summed E-state index contributed by atoms with van der Waals surface area (Å²) in [6.45, 7) is 0. The Hall–Kier alpha value is -3.07. The molecule has 104 valence electrons. The van der Waals surface area contributed by atoms with Crippen LogP contribution in [0.3, 0.4) is 0 Å². The SMILES string of the molecule is c1ccc(-n2cnc3cc4[nH]c5ccccc5c4cc32)cc1. The molecular formula is C19H13N3. The summed E-state index contributed by atoms with van der Waals surface area (Å²) in [5, 5.41) is 2.49. The van der Waals surface area contributed by atoms with Gasteiger partial charge >= 0.3 is 0 Å². The second kappa shape index (κ2) is 4.21. The van der Waals surface area contributed by atoms with Crippen LogP contribution in [0.5, 0.6) is 0 Å². The smallest absolute Gasteiger partial charge is 0.100 e. The lowest BCUT2D eigenvalue weighted by Crippen LogP contribution is -1.90. The van der Waals surface area contributed by atoms with Crippen molar-refractivity contribution in [1.82, 2.24) is 14.5 Å². The molecule has 0 bridgehead atoms. The van der Waals surface area contributed by atoms with E-state index in [0.29, 0.717) is 0 Å². The van der Waals surface area contributed by atoms with Gasteiger partial charge in [0.15, 0.2) is 0 Å². The molecule has 3 aromatic carbocycles. The normalized spacial score (nSPS) is 11.6. The minimum atomic E-state index is 1.00. The summed E-state index contributed by atoms with van der Waals surface area (Å²) >= 11 is 0. The summed E-state index contributed by atoms with van der Waals surface area (Å²) in [7, 11) is 0. The first kappa shape index (κ1) is 11.6. The molecule has 1 N–H and O–H groups in total. The summed E-state index contributed by atoms with van der Waals surface area (Å²) in [4.78, 5) is 8.03. The average molecular weight is 283 g/mol. The summed E-state index contributed by atoms with van der Waals surface area (Å²) in [5.41, 5.74) is 5.55. The Morgan fingerprint density at radius 3 is 2.50 bits per heavy atom. The highest BCUT2D eigenvalue weighted by Crippen LogP contribution is 2.29. The Balaban J connectivity index is 1.89. The van der Waals surface area contributed by atoms with E-state index in [-0.39, 0.29) is 0 Å². The molecule has 0 aliphatic rings. The highest BCUT2D eigenvalue weighted by molar-refractivity contribution is 6.11. The Kier molecular flexibility index (Phi) is 2.22. The Bertz CT molecular complexity index is 1120. The fourth-order valence-electron chi connectivity index (χ4n) is 3.15. The minimum absolute atomic E-state index is 1.00. The second-order valence-corrected chi connectivity index (χ2v) is 5.51. The summed E-state index contributed by atoms with van der Waals surface area (Å²) in [6.07, 6.45) is 1.89. The number of rotatable bonds is 1. The number of H-pyrrole nitrogens is 1. The van der Waals surface area contributed by atoms with Gasteiger partial charge in [0, 0.05) is 27.5 Å². The molecule has 2 aromatic heterocycles. The molecule has 0 fully saturated rings. The highest BCUT2D eigenvalue weighted by atomic mass is 15.0. The zero-order valence-corrected chi connectivity index (χ0v) is 11.8. The van der Waals surface area contributed by atoms with Crippen molar-refractivity contribution in [3.05, 3.63) is 73.1 Å². The van der Waals surface area contributed by atoms with Crippen molar-refractivity contribution in [2.24, 2.45) is 0 Å². The van der Waals surface area contributed by atoms with Crippen LogP contribution < -0.4 is 0 Å². The molecule has 0 spiro atoms. The number of benzene rings is 3. The molecule has 3 nitrogen and oxygen atoms in total. The Morgan fingerprint density at radius 2 is 1.59 bits per heavy atom. The number of imidazole rings is 1. The topological polar surface area (TPSA) is 33.6 Å². The molecule has 0 saturated carbocycles. The predicted octanol–water partition coefficient (Wildman–Crippen LogP) is 4.66. The van der Waals surface area contributed by atoms with Crippen LogP contribution in [0, 0.1) is 0 Å². The van der Waals surface area contributed by atoms with Crippen LogP contribution in [-0.2, 0) is 0 Å². The van der Waals surface area contributed by atoms with E-state index < -0.39 is 0 Å². The van der Waals surface area contributed by atoms with Crippen molar-refractivity contribution in [2.75, 3.05) is 0 Å². The van der Waals surface area contributed by atoms with Crippen molar-refractivity contribution < 1.29 is 0 Å². The summed E-state index contributed by atoms with van der Waals surface area (Å²) in [6, 6.07) is 23.1. The number of nitrogens with one attached hydrogen (secondary N) is 1. The van der Waals surface area contributed by atoms with Gasteiger partial charge < -0.3 is 4.98 Å². The second-order valence-electron chi connectivity index (χ2n) is 5.51. The fraction of sp³-hybridized carbons (Fsp3) is 0. The number of para-hydroxylation sites is 2. The Morgan fingerprint density at radius 1 is 0.773 bits per heavy atom. The molecule has 0 aliphatic heterocycles. The van der Waals surface area contributed by atoms with Crippen molar-refractivity contribution in [2.45, 2.75) is 0 Å². The van der Waals surface area contributed by atoms with Crippen molar-refractivity contribution in [3.63, 3.8) is 0 Å². The third kappa shape index (κ3) is 1.53. The van der Waals surface area contributed by atoms with Gasteiger partial charge in [-0.25, -0.2) is 4.98 Å². The summed E-state index contributed by atoms with van der Waals surface area (Å²) < 4.78 is 2.14. The molecular weight excluding hydrogens is 270 g/mol. The van der Waals surface area contributed by atoms with Crippen LogP contribution in [0.15, 0.2) is 73.1 Å². The molecule has 5 aromatic rings. The monoisotopic (exact) mass is 283 g/mol. The fourth-order valence-corrected chi connectivity index (χ4v) is 3.15. The van der Waals surface area contributed by atoms with E-state index >= 15 is 0 Å². The van der Waals surface area contributed by atoms with Crippen LogP contribution in [0.4, 0.5) is 0 Å². The van der Waals surface area contributed by atoms with Gasteiger partial charge in [-0.15, -0.1) is 0 Å². The standard InChI is InChI=1S/C19H13N3/c1-2-6-13(7-3-1)22-12-20-18-11-17-15(10-19(18)22)14-8-4-5-9-16(14)21-17/h1-12,21H. The molecule has 0 atom stereocenters. The van der Waals surface area contributed by atoms with Gasteiger partial charge in [0.25, 0.3) is 0 Å². The molecule has 22 heavy (non-hydrogen) atoms. The largest absolute Gasteiger partial charge is 0.354 e. The number of aromatic amines is 1. The van der Waals surface area contributed by atoms with Gasteiger partial charge in [0.05, 0.1) is 11.0 Å². The van der Waals surface area contributed by atoms with Crippen LogP contribution in [0.2, 0.25) is 0 Å². The zero-order valence-electron chi connectivity index (χ0n) is 11.8. The zero-order chi connectivity index (χ0) is 14.5. The predicted molar refractivity (Wildman–Crippen MR) is 90.4 cm³/mol. The van der Waals surface area contributed by atoms with Crippen molar-refractivity contribution in [1.29, 1.82) is 0 Å². The summed E-state index contributed by atoms with van der Waals surface area (Å²) in [5.74, 6) is 0. The van der Waals surface area contributed by atoms with E-state index in [1.165, 1.54) is 10.8 Å². The molecule has 3 heteroatoms. The quantitative estimate of drug-likeness (QED) is 0.477. The molecule has 0 aliphatic carbocycles. The van der Waals surface area contributed by atoms with Gasteiger partial charge in [0.2, 0.25) is 0 Å². The molecule has 0 unspecified atom stereocenters. The van der Waals surface area contributed by atoms with Crippen LogP contribution in [-0.4, -0.2) is 14.5 Å². The first-order valence-electron chi connectivity index (χ1n) is 7.33. The van der Waals surface area contributed by atoms with Crippen LogP contribution in [0.25, 0.3) is 38.5 Å². The number of hydrogen-bond donors (Lipinski definition) is 1. The number of nitrogens with zero attached hydrogens (tertiary/aromatic N) is 2. The van der Waals surface area contributed by atoms with Gasteiger partial charge in [-0.05, 0) is 30.3 Å². The first-order valence-corrected chi connectivity index (χ1v) is 7.33. The maximum Gasteiger partial charge on any atom is 0.100 e. The van der Waals surface area contributed by atoms with E-state index in [0.717, 1.165) is 27.8 Å². The number of hydrogen-bond acceptors (Lipinski definition) is 1. The maximum atomic E-state index is 4.56. The van der Waals surface area contributed by atoms with Crippen LogP contribution in [0.1, 0.15) is 0 Å². The molecule has 5 rings (SSSR count). The molecule has 2 heterocycles. The van der Waals surface area contributed by atoms with Gasteiger partial charge in [-0.1, -0.05) is 36.4 Å². The van der Waals surface area contributed by atoms with Gasteiger partial charge in [0.1, 0.15) is 6.33 Å². The van der Waals surface area contributed by atoms with E-state index in [1.54, 1.807) is 0 Å². The lowest BCUT2D eigenvalue weighted by molar-refractivity contribution is 1.09. The van der Waals surface area contributed by atoms with Gasteiger partial charge in [-0.2, -0.15) is 0 Å². The molecule has 0 amide bonds. The van der Waals surface area contributed by atoms with E-state index in [9.17, 15) is 0 Å². The highest BCUT2D eigenvalue weighted by Gasteiger charge is 2.09. The van der Waals surface area contributed by atoms with Crippen molar-refractivity contribution >= 4 is 32.8 Å². The Labute approximate surface area is 126 Å². The van der Waals surface area contributed by atoms with E-state index in [1.807, 2.05) is 24.5 Å². The number of fused-ring (bicyclic) bond motifs is 4.